The Kier molecular flexibility index (Phi) is 7.69. The summed E-state index contributed by atoms with van der Waals surface area (Å²) in [5.74, 6) is -0.774. The molecule has 0 spiro atoms. The van der Waals surface area contributed by atoms with Crippen LogP contribution >= 0.6 is 23.2 Å². The van der Waals surface area contributed by atoms with Gasteiger partial charge in [-0.2, -0.15) is 0 Å². The number of rotatable bonds is 8. The van der Waals surface area contributed by atoms with Crippen LogP contribution in [0, 0.1) is 0 Å². The number of halogens is 3. The molecule has 2 aromatic rings. The average Bonchev–Trinajstić information content (AvgIpc) is 3.08. The maximum absolute atomic E-state index is 13.3. The summed E-state index contributed by atoms with van der Waals surface area (Å²) in [6, 6.07) is 9.35. The van der Waals surface area contributed by atoms with Gasteiger partial charge < -0.3 is 15.2 Å². The summed E-state index contributed by atoms with van der Waals surface area (Å²) in [6.45, 7) is 1.76. The van der Waals surface area contributed by atoms with Gasteiger partial charge in [-0.25, -0.2) is 9.18 Å². The van der Waals surface area contributed by atoms with Gasteiger partial charge >= 0.3 is 6.09 Å². The molecule has 1 aliphatic rings. The van der Waals surface area contributed by atoms with Crippen molar-refractivity contribution in [2.75, 3.05) is 13.2 Å². The second-order valence-electron chi connectivity index (χ2n) is 7.25. The normalized spacial score (nSPS) is 18.1. The van der Waals surface area contributed by atoms with Crippen molar-refractivity contribution in [3.8, 4) is 11.1 Å². The number of aliphatic hydroxyl groups is 1. The molecule has 3 rings (SSSR count). The molecule has 2 N–H and O–H groups in total. The standard InChI is InChI=1S/C21H22Cl2FN3O4/c1-12-10-27(21(30)31-12)11-16-7-6-15(9-25-16)13-2-4-14(5-3-13)18(28)17(8-24)26-20(29)19(22)23/h2-7,9,12,17-19,28H,8,10-11H2,1H3,(H,26,29)/t12?,17-,18-/m1/s1. The minimum atomic E-state index is -1.35. The largest absolute Gasteiger partial charge is 0.444 e. The Bertz CT molecular complexity index is 912. The summed E-state index contributed by atoms with van der Waals surface area (Å²) in [4.78, 5) is 27.9. The maximum Gasteiger partial charge on any atom is 0.410 e. The summed E-state index contributed by atoms with van der Waals surface area (Å²) in [5, 5.41) is 12.7. The summed E-state index contributed by atoms with van der Waals surface area (Å²) >= 11 is 10.9. The van der Waals surface area contributed by atoms with Crippen molar-refractivity contribution in [2.24, 2.45) is 0 Å². The summed E-state index contributed by atoms with van der Waals surface area (Å²) in [5.41, 5.74) is 2.84. The third-order valence-electron chi connectivity index (χ3n) is 4.87. The van der Waals surface area contributed by atoms with Crippen LogP contribution in [0.25, 0.3) is 11.1 Å². The van der Waals surface area contributed by atoms with E-state index in [1.54, 1.807) is 35.4 Å². The molecule has 0 aliphatic carbocycles. The lowest BCUT2D eigenvalue weighted by Crippen LogP contribution is -2.43. The number of ether oxygens (including phenoxy) is 1. The molecule has 0 bridgehead atoms. The zero-order valence-electron chi connectivity index (χ0n) is 16.7. The molecule has 1 fully saturated rings. The van der Waals surface area contributed by atoms with Gasteiger partial charge in [0.2, 0.25) is 0 Å². The summed E-state index contributed by atoms with van der Waals surface area (Å²) in [7, 11) is 0. The Hall–Kier alpha value is -2.42. The molecule has 10 heteroatoms. The highest BCUT2D eigenvalue weighted by atomic mass is 35.5. The first-order valence-electron chi connectivity index (χ1n) is 9.62. The minimum absolute atomic E-state index is 0.128. The zero-order valence-corrected chi connectivity index (χ0v) is 18.2. The van der Waals surface area contributed by atoms with Gasteiger partial charge in [0.05, 0.1) is 24.8 Å². The SMILES string of the molecule is CC1CN(Cc2ccc(-c3ccc([C@@H](O)[C@@H](CF)NC(=O)C(Cl)Cl)cc3)cn2)C(=O)O1. The topological polar surface area (TPSA) is 91.8 Å². The third-order valence-corrected chi connectivity index (χ3v) is 5.27. The van der Waals surface area contributed by atoms with Crippen LogP contribution in [-0.4, -0.2) is 57.2 Å². The van der Waals surface area contributed by atoms with Gasteiger partial charge in [-0.3, -0.25) is 14.7 Å². The third kappa shape index (κ3) is 5.84. The fourth-order valence-electron chi connectivity index (χ4n) is 3.23. The van der Waals surface area contributed by atoms with Crippen molar-refractivity contribution < 1.29 is 23.8 Å². The van der Waals surface area contributed by atoms with Crippen molar-refractivity contribution in [3.05, 3.63) is 53.9 Å². The number of aromatic nitrogens is 1. The predicted octanol–water partition coefficient (Wildman–Crippen LogP) is 3.38. The first-order valence-corrected chi connectivity index (χ1v) is 10.5. The van der Waals surface area contributed by atoms with Gasteiger partial charge in [0, 0.05) is 11.8 Å². The molecule has 0 saturated carbocycles. The second kappa shape index (κ2) is 10.3. The number of aliphatic hydroxyl groups excluding tert-OH is 1. The van der Waals surface area contributed by atoms with Gasteiger partial charge in [0.15, 0.2) is 4.84 Å². The molecular formula is C21H22Cl2FN3O4. The van der Waals surface area contributed by atoms with Gasteiger partial charge in [0.25, 0.3) is 5.91 Å². The Morgan fingerprint density at radius 3 is 2.48 bits per heavy atom. The number of pyridine rings is 1. The quantitative estimate of drug-likeness (QED) is 0.578. The zero-order chi connectivity index (χ0) is 22.5. The number of alkyl halides is 3. The Labute approximate surface area is 189 Å². The van der Waals surface area contributed by atoms with E-state index in [0.717, 1.165) is 16.8 Å². The second-order valence-corrected chi connectivity index (χ2v) is 8.35. The molecule has 0 radical (unpaired) electrons. The van der Waals surface area contributed by atoms with Crippen LogP contribution in [0.5, 0.6) is 0 Å². The average molecular weight is 470 g/mol. The molecule has 1 aliphatic heterocycles. The number of carbonyl (C=O) groups excluding carboxylic acids is 2. The predicted molar refractivity (Wildman–Crippen MR) is 114 cm³/mol. The van der Waals surface area contributed by atoms with Crippen molar-refractivity contribution in [1.29, 1.82) is 0 Å². The molecule has 166 valence electrons. The molecule has 7 nitrogen and oxygen atoms in total. The van der Waals surface area contributed by atoms with Crippen LogP contribution in [0.15, 0.2) is 42.6 Å². The van der Waals surface area contributed by atoms with Gasteiger partial charge in [-0.1, -0.05) is 53.5 Å². The van der Waals surface area contributed by atoms with E-state index in [-0.39, 0.29) is 12.2 Å². The van der Waals surface area contributed by atoms with Crippen LogP contribution < -0.4 is 5.32 Å². The minimum Gasteiger partial charge on any atom is -0.444 e. The molecular weight excluding hydrogens is 448 g/mol. The van der Waals surface area contributed by atoms with Gasteiger partial charge in [-0.15, -0.1) is 0 Å². The van der Waals surface area contributed by atoms with E-state index in [0.29, 0.717) is 18.7 Å². The van der Waals surface area contributed by atoms with Crippen LogP contribution in [0.3, 0.4) is 0 Å². The lowest BCUT2D eigenvalue weighted by Gasteiger charge is -2.22. The number of benzene rings is 1. The Morgan fingerprint density at radius 2 is 1.97 bits per heavy atom. The van der Waals surface area contributed by atoms with Crippen LogP contribution in [-0.2, 0) is 16.1 Å². The lowest BCUT2D eigenvalue weighted by atomic mass is 9.99. The van der Waals surface area contributed by atoms with Crippen LogP contribution in [0.2, 0.25) is 0 Å². The fourth-order valence-corrected chi connectivity index (χ4v) is 3.36. The van der Waals surface area contributed by atoms with Gasteiger partial charge in [-0.05, 0) is 24.1 Å². The molecule has 1 aromatic carbocycles. The first kappa shape index (κ1) is 23.2. The number of amides is 2. The van der Waals surface area contributed by atoms with E-state index < -0.39 is 29.6 Å². The Balaban J connectivity index is 1.65. The van der Waals surface area contributed by atoms with E-state index >= 15 is 0 Å². The van der Waals surface area contributed by atoms with E-state index in [9.17, 15) is 19.1 Å². The molecule has 2 amide bonds. The molecule has 1 saturated heterocycles. The summed E-state index contributed by atoms with van der Waals surface area (Å²) in [6.07, 6.45) is -0.0459. The number of nitrogens with one attached hydrogen (secondary N) is 1. The summed E-state index contributed by atoms with van der Waals surface area (Å²) < 4.78 is 18.4. The number of cyclic esters (lactones) is 1. The maximum atomic E-state index is 13.3. The van der Waals surface area contributed by atoms with E-state index in [2.05, 4.69) is 10.3 Å². The number of carbonyl (C=O) groups is 2. The first-order chi connectivity index (χ1) is 14.8. The van der Waals surface area contributed by atoms with Gasteiger partial charge in [0.1, 0.15) is 18.9 Å². The molecule has 3 atom stereocenters. The highest BCUT2D eigenvalue weighted by Gasteiger charge is 2.28. The number of hydrogen-bond acceptors (Lipinski definition) is 5. The number of nitrogens with zero attached hydrogens (tertiary/aromatic N) is 2. The number of hydrogen-bond donors (Lipinski definition) is 2. The molecule has 31 heavy (non-hydrogen) atoms. The van der Waals surface area contributed by atoms with Crippen LogP contribution in [0.1, 0.15) is 24.3 Å². The lowest BCUT2D eigenvalue weighted by molar-refractivity contribution is -0.121. The van der Waals surface area contributed by atoms with E-state index in [1.165, 1.54) is 0 Å². The van der Waals surface area contributed by atoms with Crippen molar-refractivity contribution in [3.63, 3.8) is 0 Å². The smallest absolute Gasteiger partial charge is 0.410 e. The van der Waals surface area contributed by atoms with Crippen molar-refractivity contribution in [1.82, 2.24) is 15.2 Å². The fraction of sp³-hybridized carbons (Fsp3) is 0.381. The van der Waals surface area contributed by atoms with Crippen LogP contribution in [0.4, 0.5) is 9.18 Å². The highest BCUT2D eigenvalue weighted by Crippen LogP contribution is 2.24. The Morgan fingerprint density at radius 1 is 1.29 bits per heavy atom. The van der Waals surface area contributed by atoms with Crippen molar-refractivity contribution >= 4 is 35.2 Å². The van der Waals surface area contributed by atoms with E-state index in [1.807, 2.05) is 19.1 Å². The molecule has 1 aromatic heterocycles. The molecule has 2 heterocycles. The molecule has 1 unspecified atom stereocenters. The van der Waals surface area contributed by atoms with Crippen molar-refractivity contribution in [2.45, 2.75) is 36.6 Å². The van der Waals surface area contributed by atoms with E-state index in [4.69, 9.17) is 27.9 Å². The monoisotopic (exact) mass is 469 g/mol. The highest BCUT2D eigenvalue weighted by molar-refractivity contribution is 6.53.